The van der Waals surface area contributed by atoms with Crippen molar-refractivity contribution in [1.82, 2.24) is 0 Å². The third-order valence-electron chi connectivity index (χ3n) is 3.54. The number of benzene rings is 2. The molecule has 1 heterocycles. The van der Waals surface area contributed by atoms with Crippen LogP contribution in [0.4, 0.5) is 5.69 Å². The van der Waals surface area contributed by atoms with Crippen molar-refractivity contribution in [2.24, 2.45) is 0 Å². The van der Waals surface area contributed by atoms with E-state index in [0.29, 0.717) is 10.2 Å². The third-order valence-corrected chi connectivity index (χ3v) is 4.04. The fraction of sp³-hybridized carbons (Fsp3) is 0.0526. The number of rotatable bonds is 6. The Kier molecular flexibility index (Phi) is 5.38. The molecule has 0 bridgehead atoms. The Morgan fingerprint density at radius 1 is 1.12 bits per heavy atom. The SMILES string of the molecule is O=C(COc1cccc(-c2ccoc2)c1)Nc1ccc(Br)cc1C(=O)O. The van der Waals surface area contributed by atoms with Crippen LogP contribution in [0.15, 0.2) is 69.9 Å². The highest BCUT2D eigenvalue weighted by atomic mass is 79.9. The van der Waals surface area contributed by atoms with Crippen LogP contribution in [0.5, 0.6) is 5.75 Å². The highest BCUT2D eigenvalue weighted by Gasteiger charge is 2.13. The number of ether oxygens (including phenoxy) is 1. The topological polar surface area (TPSA) is 88.8 Å². The average molecular weight is 416 g/mol. The highest BCUT2D eigenvalue weighted by Crippen LogP contribution is 2.24. The molecule has 0 aliphatic heterocycles. The molecular formula is C19H14BrNO5. The van der Waals surface area contributed by atoms with E-state index < -0.39 is 11.9 Å². The molecule has 2 aromatic carbocycles. The van der Waals surface area contributed by atoms with Gasteiger partial charge in [-0.15, -0.1) is 0 Å². The van der Waals surface area contributed by atoms with Crippen LogP contribution in [0.1, 0.15) is 10.4 Å². The number of halogens is 1. The molecule has 26 heavy (non-hydrogen) atoms. The Morgan fingerprint density at radius 3 is 2.69 bits per heavy atom. The van der Waals surface area contributed by atoms with E-state index in [9.17, 15) is 14.7 Å². The Hall–Kier alpha value is -3.06. The Balaban J connectivity index is 1.65. The summed E-state index contributed by atoms with van der Waals surface area (Å²) >= 11 is 3.21. The molecule has 0 unspecified atom stereocenters. The predicted octanol–water partition coefficient (Wildman–Crippen LogP) is 4.42. The van der Waals surface area contributed by atoms with Gasteiger partial charge in [-0.3, -0.25) is 4.79 Å². The molecule has 0 spiro atoms. The number of aromatic carboxylic acids is 1. The molecule has 0 aliphatic carbocycles. The Bertz CT molecular complexity index is 937. The van der Waals surface area contributed by atoms with Gasteiger partial charge in [-0.1, -0.05) is 28.1 Å². The molecule has 1 aromatic heterocycles. The summed E-state index contributed by atoms with van der Waals surface area (Å²) in [5.74, 6) is -1.06. The van der Waals surface area contributed by atoms with Gasteiger partial charge in [-0.05, 0) is 42.0 Å². The smallest absolute Gasteiger partial charge is 0.337 e. The van der Waals surface area contributed by atoms with Crippen LogP contribution in [0.25, 0.3) is 11.1 Å². The second kappa shape index (κ2) is 7.88. The summed E-state index contributed by atoms with van der Waals surface area (Å²) in [6, 6.07) is 13.7. The molecule has 0 atom stereocenters. The van der Waals surface area contributed by atoms with E-state index in [1.165, 1.54) is 12.1 Å². The highest BCUT2D eigenvalue weighted by molar-refractivity contribution is 9.10. The number of hydrogen-bond acceptors (Lipinski definition) is 4. The predicted molar refractivity (Wildman–Crippen MR) is 99.4 cm³/mol. The van der Waals surface area contributed by atoms with Gasteiger partial charge in [0.05, 0.1) is 23.8 Å². The molecule has 0 fully saturated rings. The van der Waals surface area contributed by atoms with E-state index in [1.807, 2.05) is 18.2 Å². The maximum atomic E-state index is 12.1. The van der Waals surface area contributed by atoms with Gasteiger partial charge in [0.1, 0.15) is 5.75 Å². The van der Waals surface area contributed by atoms with Crippen molar-refractivity contribution in [3.8, 4) is 16.9 Å². The number of hydrogen-bond donors (Lipinski definition) is 2. The van der Waals surface area contributed by atoms with Gasteiger partial charge in [-0.25, -0.2) is 4.79 Å². The molecule has 3 aromatic rings. The summed E-state index contributed by atoms with van der Waals surface area (Å²) in [5.41, 5.74) is 2.01. The molecular weight excluding hydrogens is 402 g/mol. The largest absolute Gasteiger partial charge is 0.484 e. The lowest BCUT2D eigenvalue weighted by molar-refractivity contribution is -0.118. The number of carboxylic acids is 1. The summed E-state index contributed by atoms with van der Waals surface area (Å²) in [6.07, 6.45) is 3.20. The van der Waals surface area contributed by atoms with E-state index >= 15 is 0 Å². The van der Waals surface area contributed by atoms with Crippen molar-refractivity contribution in [2.45, 2.75) is 0 Å². The summed E-state index contributed by atoms with van der Waals surface area (Å²) < 4.78 is 11.2. The van der Waals surface area contributed by atoms with Gasteiger partial charge in [-0.2, -0.15) is 0 Å². The normalized spacial score (nSPS) is 10.3. The zero-order chi connectivity index (χ0) is 18.5. The van der Waals surface area contributed by atoms with Crippen LogP contribution in [0, 0.1) is 0 Å². The average Bonchev–Trinajstić information content (AvgIpc) is 3.16. The van der Waals surface area contributed by atoms with E-state index in [1.54, 1.807) is 30.7 Å². The number of carbonyl (C=O) groups excluding carboxylic acids is 1. The van der Waals surface area contributed by atoms with Crippen molar-refractivity contribution in [1.29, 1.82) is 0 Å². The van der Waals surface area contributed by atoms with Crippen LogP contribution in [0.2, 0.25) is 0 Å². The lowest BCUT2D eigenvalue weighted by atomic mass is 10.1. The van der Waals surface area contributed by atoms with Crippen LogP contribution < -0.4 is 10.1 Å². The third kappa shape index (κ3) is 4.31. The molecule has 6 nitrogen and oxygen atoms in total. The van der Waals surface area contributed by atoms with Crippen LogP contribution in [-0.2, 0) is 4.79 Å². The van der Waals surface area contributed by atoms with E-state index in [2.05, 4.69) is 21.2 Å². The minimum absolute atomic E-state index is 0.00493. The molecule has 132 valence electrons. The lowest BCUT2D eigenvalue weighted by Crippen LogP contribution is -2.21. The second-order valence-corrected chi connectivity index (χ2v) is 6.29. The fourth-order valence-corrected chi connectivity index (χ4v) is 2.69. The molecule has 0 saturated heterocycles. The zero-order valence-electron chi connectivity index (χ0n) is 13.4. The van der Waals surface area contributed by atoms with E-state index in [4.69, 9.17) is 9.15 Å². The first-order valence-corrected chi connectivity index (χ1v) is 8.40. The number of nitrogens with one attached hydrogen (secondary N) is 1. The molecule has 7 heteroatoms. The first kappa shape index (κ1) is 17.8. The number of anilines is 1. The maximum absolute atomic E-state index is 12.1. The zero-order valence-corrected chi connectivity index (χ0v) is 15.0. The Morgan fingerprint density at radius 2 is 1.96 bits per heavy atom. The summed E-state index contributed by atoms with van der Waals surface area (Å²) in [5, 5.41) is 11.8. The molecule has 3 rings (SSSR count). The van der Waals surface area contributed by atoms with Gasteiger partial charge < -0.3 is 19.6 Å². The molecule has 1 amide bonds. The van der Waals surface area contributed by atoms with Crippen molar-refractivity contribution < 1.29 is 23.8 Å². The Labute approximate surface area is 157 Å². The number of amides is 1. The van der Waals surface area contributed by atoms with Gasteiger partial charge in [0.2, 0.25) is 0 Å². The first-order chi connectivity index (χ1) is 12.5. The van der Waals surface area contributed by atoms with Gasteiger partial charge in [0, 0.05) is 10.0 Å². The van der Waals surface area contributed by atoms with Crippen LogP contribution in [0.3, 0.4) is 0 Å². The minimum Gasteiger partial charge on any atom is -0.484 e. The van der Waals surface area contributed by atoms with Gasteiger partial charge >= 0.3 is 5.97 Å². The number of carboxylic acid groups (broad SMARTS) is 1. The van der Waals surface area contributed by atoms with Crippen molar-refractivity contribution in [2.75, 3.05) is 11.9 Å². The van der Waals surface area contributed by atoms with E-state index in [0.717, 1.165) is 11.1 Å². The van der Waals surface area contributed by atoms with Gasteiger partial charge in [0.25, 0.3) is 5.91 Å². The quantitative estimate of drug-likeness (QED) is 0.621. The van der Waals surface area contributed by atoms with E-state index in [-0.39, 0.29) is 17.9 Å². The van der Waals surface area contributed by atoms with Crippen molar-refractivity contribution in [3.05, 3.63) is 71.1 Å². The molecule has 2 N–H and O–H groups in total. The lowest BCUT2D eigenvalue weighted by Gasteiger charge is -2.10. The number of carbonyl (C=O) groups is 2. The number of furan rings is 1. The molecule has 0 saturated carbocycles. The summed E-state index contributed by atoms with van der Waals surface area (Å²) in [7, 11) is 0. The van der Waals surface area contributed by atoms with Crippen molar-refractivity contribution in [3.63, 3.8) is 0 Å². The summed E-state index contributed by atoms with van der Waals surface area (Å²) in [4.78, 5) is 23.4. The monoisotopic (exact) mass is 415 g/mol. The van der Waals surface area contributed by atoms with Gasteiger partial charge in [0.15, 0.2) is 6.61 Å². The first-order valence-electron chi connectivity index (χ1n) is 7.61. The maximum Gasteiger partial charge on any atom is 0.337 e. The second-order valence-electron chi connectivity index (χ2n) is 5.37. The molecule has 0 radical (unpaired) electrons. The summed E-state index contributed by atoms with van der Waals surface area (Å²) in [6.45, 7) is -0.246. The standard InChI is InChI=1S/C19H14BrNO5/c20-14-4-5-17(16(9-14)19(23)24)21-18(22)11-26-15-3-1-2-12(8-15)13-6-7-25-10-13/h1-10H,11H2,(H,21,22)(H,23,24). The fourth-order valence-electron chi connectivity index (χ4n) is 2.33. The van der Waals surface area contributed by atoms with Crippen LogP contribution >= 0.6 is 15.9 Å². The molecule has 0 aliphatic rings. The van der Waals surface area contributed by atoms with Crippen molar-refractivity contribution >= 4 is 33.5 Å². The minimum atomic E-state index is -1.13. The van der Waals surface area contributed by atoms with Crippen LogP contribution in [-0.4, -0.2) is 23.6 Å².